The molecule has 29 heavy (non-hydrogen) atoms. The second-order valence-electron chi connectivity index (χ2n) is 8.68. The summed E-state index contributed by atoms with van der Waals surface area (Å²) in [6.45, 7) is 9.94. The molecule has 2 aromatic heterocycles. The van der Waals surface area contributed by atoms with Crippen molar-refractivity contribution in [3.05, 3.63) is 16.3 Å². The summed E-state index contributed by atoms with van der Waals surface area (Å²) in [7, 11) is 0. The molecule has 4 rings (SSSR count). The summed E-state index contributed by atoms with van der Waals surface area (Å²) in [4.78, 5) is 29.4. The average molecular weight is 415 g/mol. The Morgan fingerprint density at radius 2 is 1.76 bits per heavy atom. The number of unbranched alkanes of at least 4 members (excludes halogenated alkanes) is 4. The average Bonchev–Trinajstić information content (AvgIpc) is 3.54. The molecule has 0 atom stereocenters. The van der Waals surface area contributed by atoms with Gasteiger partial charge in [-0.2, -0.15) is 0 Å². The predicted octanol–water partition coefficient (Wildman–Crippen LogP) is 5.19. The quantitative estimate of drug-likeness (QED) is 0.558. The molecular weight excluding hydrogens is 380 g/mol. The van der Waals surface area contributed by atoms with Crippen LogP contribution in [-0.4, -0.2) is 47.0 Å². The second kappa shape index (κ2) is 8.99. The van der Waals surface area contributed by atoms with Crippen molar-refractivity contribution >= 4 is 33.3 Å². The van der Waals surface area contributed by atoms with E-state index in [4.69, 9.17) is 9.97 Å². The summed E-state index contributed by atoms with van der Waals surface area (Å²) in [5.74, 6) is 3.01. The Kier molecular flexibility index (Phi) is 6.38. The number of thiophene rings is 1. The summed E-state index contributed by atoms with van der Waals surface area (Å²) in [5, 5.41) is 1.23. The lowest BCUT2D eigenvalue weighted by Gasteiger charge is -2.36. The van der Waals surface area contributed by atoms with E-state index < -0.39 is 0 Å². The van der Waals surface area contributed by atoms with Crippen LogP contribution in [0.1, 0.15) is 80.5 Å². The number of rotatable bonds is 8. The maximum absolute atomic E-state index is 12.6. The zero-order chi connectivity index (χ0) is 20.4. The Balaban J connectivity index is 1.42. The van der Waals surface area contributed by atoms with Gasteiger partial charge >= 0.3 is 0 Å². The molecule has 1 amide bonds. The first-order chi connectivity index (χ1) is 14.1. The Hall–Kier alpha value is -1.69. The fraction of sp³-hybridized carbons (Fsp3) is 0.696. The van der Waals surface area contributed by atoms with Gasteiger partial charge in [0.05, 0.1) is 5.39 Å². The van der Waals surface area contributed by atoms with Crippen LogP contribution in [0.5, 0.6) is 0 Å². The van der Waals surface area contributed by atoms with E-state index >= 15 is 0 Å². The molecule has 6 heteroatoms. The number of piperazine rings is 1. The van der Waals surface area contributed by atoms with Crippen molar-refractivity contribution < 1.29 is 4.79 Å². The van der Waals surface area contributed by atoms with E-state index in [2.05, 4.69) is 30.6 Å². The lowest BCUT2D eigenvalue weighted by molar-refractivity contribution is -0.131. The van der Waals surface area contributed by atoms with Gasteiger partial charge in [-0.25, -0.2) is 9.97 Å². The third-order valence-corrected chi connectivity index (χ3v) is 7.50. The number of aromatic nitrogens is 2. The summed E-state index contributed by atoms with van der Waals surface area (Å²) in [5.41, 5.74) is 1.31. The Bertz CT molecular complexity index is 865. The minimum Gasteiger partial charge on any atom is -0.352 e. The van der Waals surface area contributed by atoms with Crippen LogP contribution in [0.25, 0.3) is 10.2 Å². The molecule has 1 saturated heterocycles. The van der Waals surface area contributed by atoms with Crippen LogP contribution in [-0.2, 0) is 4.79 Å². The van der Waals surface area contributed by atoms with E-state index in [0.29, 0.717) is 18.2 Å². The van der Waals surface area contributed by atoms with Gasteiger partial charge in [-0.15, -0.1) is 11.3 Å². The van der Waals surface area contributed by atoms with Crippen LogP contribution in [0, 0.1) is 13.8 Å². The van der Waals surface area contributed by atoms with E-state index in [1.54, 1.807) is 11.3 Å². The van der Waals surface area contributed by atoms with Gasteiger partial charge in [-0.05, 0) is 38.7 Å². The van der Waals surface area contributed by atoms with Crippen molar-refractivity contribution in [2.45, 2.75) is 78.1 Å². The molecule has 0 bridgehead atoms. The van der Waals surface area contributed by atoms with Crippen molar-refractivity contribution in [1.82, 2.24) is 14.9 Å². The SMILES string of the molecule is CCCCCCCC(=O)N1CCN(c2nc(C3CC3)nc3sc(C)c(C)c23)CC1. The van der Waals surface area contributed by atoms with Crippen molar-refractivity contribution in [3.63, 3.8) is 0 Å². The number of hydrogen-bond donors (Lipinski definition) is 0. The Morgan fingerprint density at radius 3 is 2.45 bits per heavy atom. The fourth-order valence-corrected chi connectivity index (χ4v) is 5.23. The molecule has 5 nitrogen and oxygen atoms in total. The largest absolute Gasteiger partial charge is 0.352 e. The Labute approximate surface area is 178 Å². The molecule has 0 radical (unpaired) electrons. The van der Waals surface area contributed by atoms with E-state index in [1.165, 1.54) is 54.4 Å². The van der Waals surface area contributed by atoms with Crippen LogP contribution in [0.4, 0.5) is 5.82 Å². The first kappa shape index (κ1) is 20.6. The number of anilines is 1. The van der Waals surface area contributed by atoms with E-state index in [0.717, 1.165) is 49.1 Å². The van der Waals surface area contributed by atoms with Crippen LogP contribution in [0.3, 0.4) is 0 Å². The van der Waals surface area contributed by atoms with Gasteiger partial charge in [-0.1, -0.05) is 32.6 Å². The number of carbonyl (C=O) groups excluding carboxylic acids is 1. The van der Waals surface area contributed by atoms with E-state index in [1.807, 2.05) is 0 Å². The van der Waals surface area contributed by atoms with Crippen molar-refractivity contribution in [3.8, 4) is 0 Å². The lowest BCUT2D eigenvalue weighted by Crippen LogP contribution is -2.49. The predicted molar refractivity (Wildman–Crippen MR) is 121 cm³/mol. The second-order valence-corrected chi connectivity index (χ2v) is 9.88. The number of carbonyl (C=O) groups is 1. The van der Waals surface area contributed by atoms with Crippen molar-refractivity contribution in [2.75, 3.05) is 31.1 Å². The highest BCUT2D eigenvalue weighted by Gasteiger charge is 2.30. The monoisotopic (exact) mass is 414 g/mol. The third kappa shape index (κ3) is 4.57. The molecule has 3 heterocycles. The minimum absolute atomic E-state index is 0.329. The van der Waals surface area contributed by atoms with Gasteiger partial charge < -0.3 is 9.80 Å². The summed E-state index contributed by atoms with van der Waals surface area (Å²) in [6.07, 6.45) is 9.13. The number of aryl methyl sites for hydroxylation is 2. The minimum atomic E-state index is 0.329. The Morgan fingerprint density at radius 1 is 1.03 bits per heavy atom. The number of amides is 1. The molecule has 1 saturated carbocycles. The van der Waals surface area contributed by atoms with Crippen molar-refractivity contribution in [2.24, 2.45) is 0 Å². The standard InChI is InChI=1S/C23H34N4OS/c1-4-5-6-7-8-9-19(28)26-12-14-27(15-13-26)22-20-16(2)17(3)29-23(20)25-21(24-22)18-10-11-18/h18H,4-15H2,1-3H3. The van der Waals surface area contributed by atoms with Crippen LogP contribution >= 0.6 is 11.3 Å². The molecule has 0 unspecified atom stereocenters. The lowest BCUT2D eigenvalue weighted by atomic mass is 10.1. The summed E-state index contributed by atoms with van der Waals surface area (Å²) in [6, 6.07) is 0. The highest BCUT2D eigenvalue weighted by molar-refractivity contribution is 7.18. The van der Waals surface area contributed by atoms with Crippen molar-refractivity contribution in [1.29, 1.82) is 0 Å². The molecule has 0 aromatic carbocycles. The summed E-state index contributed by atoms with van der Waals surface area (Å²) >= 11 is 1.79. The van der Waals surface area contributed by atoms with Crippen LogP contribution < -0.4 is 4.90 Å². The first-order valence-electron chi connectivity index (χ1n) is 11.4. The fourth-order valence-electron chi connectivity index (χ4n) is 4.20. The molecule has 0 spiro atoms. The van der Waals surface area contributed by atoms with Crippen LogP contribution in [0.2, 0.25) is 0 Å². The third-order valence-electron chi connectivity index (χ3n) is 6.40. The number of hydrogen-bond acceptors (Lipinski definition) is 5. The first-order valence-corrected chi connectivity index (χ1v) is 12.2. The normalized spacial score (nSPS) is 17.3. The summed E-state index contributed by atoms with van der Waals surface area (Å²) < 4.78 is 0. The molecule has 2 fully saturated rings. The molecule has 2 aliphatic rings. The van der Waals surface area contributed by atoms with Gasteiger partial charge in [0.1, 0.15) is 16.5 Å². The molecular formula is C23H34N4OS. The van der Waals surface area contributed by atoms with Gasteiger partial charge in [0.15, 0.2) is 0 Å². The van der Waals surface area contributed by atoms with E-state index in [-0.39, 0.29) is 0 Å². The maximum Gasteiger partial charge on any atom is 0.222 e. The molecule has 2 aromatic rings. The highest BCUT2D eigenvalue weighted by Crippen LogP contribution is 2.42. The van der Waals surface area contributed by atoms with E-state index in [9.17, 15) is 4.79 Å². The van der Waals surface area contributed by atoms with Gasteiger partial charge in [0, 0.05) is 43.4 Å². The molecule has 1 aliphatic heterocycles. The molecule has 0 N–H and O–H groups in total. The van der Waals surface area contributed by atoms with Crippen LogP contribution in [0.15, 0.2) is 0 Å². The number of nitrogens with zero attached hydrogens (tertiary/aromatic N) is 4. The molecule has 158 valence electrons. The zero-order valence-electron chi connectivity index (χ0n) is 18.2. The highest BCUT2D eigenvalue weighted by atomic mass is 32.1. The maximum atomic E-state index is 12.6. The van der Waals surface area contributed by atoms with Gasteiger partial charge in [-0.3, -0.25) is 4.79 Å². The van der Waals surface area contributed by atoms with Gasteiger partial charge in [0.2, 0.25) is 5.91 Å². The molecule has 1 aliphatic carbocycles. The zero-order valence-corrected chi connectivity index (χ0v) is 19.0. The smallest absolute Gasteiger partial charge is 0.222 e. The topological polar surface area (TPSA) is 49.3 Å². The number of fused-ring (bicyclic) bond motifs is 1. The van der Waals surface area contributed by atoms with Gasteiger partial charge in [0.25, 0.3) is 0 Å².